The first-order valence-corrected chi connectivity index (χ1v) is 8.10. The number of aliphatic hydroxyl groups excluding tert-OH is 1. The van der Waals surface area contributed by atoms with Crippen LogP contribution in [0.3, 0.4) is 0 Å². The molecule has 0 radical (unpaired) electrons. The molecule has 1 unspecified atom stereocenters. The number of hydrogen-bond donors (Lipinski definition) is 2. The summed E-state index contributed by atoms with van der Waals surface area (Å²) in [5.41, 5.74) is 6.77. The molecule has 0 bridgehead atoms. The molecule has 1 atom stereocenters. The number of nitrogens with two attached hydrogens (primary N) is 1. The second-order valence-corrected chi connectivity index (χ2v) is 6.27. The molecule has 0 aliphatic carbocycles. The minimum absolute atomic E-state index is 0.160. The highest BCUT2D eigenvalue weighted by Gasteiger charge is 2.28. The van der Waals surface area contributed by atoms with Crippen LogP contribution in [0.5, 0.6) is 5.75 Å². The van der Waals surface area contributed by atoms with E-state index in [9.17, 15) is 14.7 Å². The van der Waals surface area contributed by atoms with Gasteiger partial charge in [-0.05, 0) is 12.1 Å². The summed E-state index contributed by atoms with van der Waals surface area (Å²) in [7, 11) is 0. The predicted molar refractivity (Wildman–Crippen MR) is 93.6 cm³/mol. The molecule has 0 saturated carbocycles. The molecule has 0 fully saturated rings. The molecule has 2 aromatic carbocycles. The smallest absolute Gasteiger partial charge is 0.336 e. The highest BCUT2D eigenvalue weighted by atomic mass is 16.5. The van der Waals surface area contributed by atoms with Crippen molar-refractivity contribution in [2.75, 3.05) is 13.2 Å². The number of rotatable bonds is 2. The summed E-state index contributed by atoms with van der Waals surface area (Å²) in [6.45, 7) is 0.549. The predicted octanol–water partition coefficient (Wildman–Crippen LogP) is 0.590. The summed E-state index contributed by atoms with van der Waals surface area (Å²) in [4.78, 5) is 25.7. The highest BCUT2D eigenvalue weighted by Crippen LogP contribution is 2.43. The zero-order valence-electron chi connectivity index (χ0n) is 13.2. The van der Waals surface area contributed by atoms with Crippen LogP contribution in [0.25, 0.3) is 27.2 Å². The Hall–Kier alpha value is -2.90. The minimum Gasteiger partial charge on any atom is -0.489 e. The van der Waals surface area contributed by atoms with E-state index < -0.39 is 11.8 Å². The van der Waals surface area contributed by atoms with Crippen molar-refractivity contribution in [1.82, 2.24) is 8.97 Å². The number of ether oxygens (including phenoxy) is 1. The zero-order chi connectivity index (χ0) is 17.3. The first-order chi connectivity index (χ1) is 12.1. The molecule has 0 spiro atoms. The number of fused-ring (bicyclic) bond motifs is 5. The maximum atomic E-state index is 13.0. The Kier molecular flexibility index (Phi) is 2.78. The van der Waals surface area contributed by atoms with Gasteiger partial charge in [0.05, 0.1) is 21.8 Å². The topological polar surface area (TPSA) is 99.0 Å². The third-order valence-electron chi connectivity index (χ3n) is 4.93. The molecule has 1 aliphatic heterocycles. The van der Waals surface area contributed by atoms with Crippen LogP contribution < -0.4 is 21.7 Å². The van der Waals surface area contributed by atoms with Crippen LogP contribution in [0.15, 0.2) is 39.9 Å². The zero-order valence-corrected chi connectivity index (χ0v) is 13.2. The molecule has 4 aromatic rings. The van der Waals surface area contributed by atoms with E-state index >= 15 is 0 Å². The molecule has 1 aliphatic rings. The Morgan fingerprint density at radius 1 is 1.20 bits per heavy atom. The van der Waals surface area contributed by atoms with Crippen molar-refractivity contribution in [3.8, 4) is 5.75 Å². The average molecular weight is 337 g/mol. The van der Waals surface area contributed by atoms with Gasteiger partial charge in [0.25, 0.3) is 5.56 Å². The number of para-hydroxylation sites is 1. The number of hydrogen-bond acceptors (Lipinski definition) is 5. The lowest BCUT2D eigenvalue weighted by atomic mass is 10.1. The second-order valence-electron chi connectivity index (χ2n) is 6.27. The van der Waals surface area contributed by atoms with Gasteiger partial charge < -0.3 is 15.6 Å². The van der Waals surface area contributed by atoms with Crippen molar-refractivity contribution >= 4 is 27.2 Å². The van der Waals surface area contributed by atoms with Crippen LogP contribution >= 0.6 is 0 Å². The van der Waals surface area contributed by atoms with Crippen molar-refractivity contribution < 1.29 is 9.84 Å². The Morgan fingerprint density at radius 2 is 2.00 bits per heavy atom. The van der Waals surface area contributed by atoms with E-state index in [0.29, 0.717) is 27.7 Å². The summed E-state index contributed by atoms with van der Waals surface area (Å²) < 4.78 is 8.41. The molecule has 7 nitrogen and oxygen atoms in total. The fraction of sp³-hybridized carbons (Fsp3) is 0.222. The normalized spacial score (nSPS) is 16.8. The van der Waals surface area contributed by atoms with Gasteiger partial charge in [0, 0.05) is 24.0 Å². The molecule has 25 heavy (non-hydrogen) atoms. The van der Waals surface area contributed by atoms with Gasteiger partial charge >= 0.3 is 5.69 Å². The second kappa shape index (κ2) is 4.81. The quantitative estimate of drug-likeness (QED) is 0.558. The minimum atomic E-state index is -0.683. The third-order valence-corrected chi connectivity index (χ3v) is 4.93. The average Bonchev–Trinajstić information content (AvgIpc) is 3.15. The van der Waals surface area contributed by atoms with Crippen LogP contribution in [0.2, 0.25) is 0 Å². The van der Waals surface area contributed by atoms with E-state index in [1.165, 1.54) is 4.57 Å². The van der Waals surface area contributed by atoms with Gasteiger partial charge in [-0.15, -0.1) is 0 Å². The molecule has 3 heterocycles. The number of nitrogens with zero attached hydrogens (tertiary/aromatic N) is 2. The first-order valence-electron chi connectivity index (χ1n) is 8.10. The van der Waals surface area contributed by atoms with E-state index in [1.807, 2.05) is 6.07 Å². The SMILES string of the molecule is NCCn1c(=O)c2cccc3c4c5c(ccc4n(c1=O)c23)C(O)CO5. The van der Waals surface area contributed by atoms with E-state index in [0.717, 1.165) is 10.8 Å². The first kappa shape index (κ1) is 14.4. The van der Waals surface area contributed by atoms with Crippen LogP contribution in [-0.4, -0.2) is 27.2 Å². The maximum Gasteiger partial charge on any atom is 0.336 e. The molecule has 5 rings (SSSR count). The van der Waals surface area contributed by atoms with E-state index in [2.05, 4.69) is 0 Å². The Balaban J connectivity index is 2.10. The van der Waals surface area contributed by atoms with Crippen molar-refractivity contribution in [1.29, 1.82) is 0 Å². The molecular formula is C18H15N3O4. The van der Waals surface area contributed by atoms with Gasteiger partial charge in [-0.3, -0.25) is 13.8 Å². The molecule has 0 saturated heterocycles. The van der Waals surface area contributed by atoms with E-state index in [1.54, 1.807) is 28.7 Å². The monoisotopic (exact) mass is 337 g/mol. The molecule has 0 amide bonds. The van der Waals surface area contributed by atoms with Gasteiger partial charge in [0.1, 0.15) is 18.5 Å². The Morgan fingerprint density at radius 3 is 2.80 bits per heavy atom. The van der Waals surface area contributed by atoms with E-state index in [-0.39, 0.29) is 25.3 Å². The van der Waals surface area contributed by atoms with E-state index in [4.69, 9.17) is 10.5 Å². The lowest BCUT2D eigenvalue weighted by molar-refractivity contribution is 0.141. The summed E-state index contributed by atoms with van der Waals surface area (Å²) in [6, 6.07) is 8.94. The number of aromatic nitrogens is 2. The van der Waals surface area contributed by atoms with Crippen LogP contribution in [0, 0.1) is 0 Å². The standard InChI is InChI=1S/C18H15N3O4/c19-6-7-20-17(23)11-3-1-2-10-14-12(21(15(10)11)18(20)24)5-4-9-13(22)8-25-16(9)14/h1-5,13,22H,6-8,19H2. The number of aliphatic hydroxyl groups is 1. The van der Waals surface area contributed by atoms with Crippen molar-refractivity contribution in [2.24, 2.45) is 5.73 Å². The summed E-state index contributed by atoms with van der Waals surface area (Å²) in [6.07, 6.45) is -0.683. The summed E-state index contributed by atoms with van der Waals surface area (Å²) >= 11 is 0. The summed E-state index contributed by atoms with van der Waals surface area (Å²) in [5.74, 6) is 0.582. The Labute approximate surface area is 140 Å². The van der Waals surface area contributed by atoms with Gasteiger partial charge in [-0.2, -0.15) is 0 Å². The molecule has 2 aromatic heterocycles. The molecular weight excluding hydrogens is 322 g/mol. The van der Waals surface area contributed by atoms with Crippen molar-refractivity contribution in [3.63, 3.8) is 0 Å². The van der Waals surface area contributed by atoms with Gasteiger partial charge in [-0.25, -0.2) is 4.79 Å². The lowest BCUT2D eigenvalue weighted by Gasteiger charge is -2.07. The molecule has 7 heteroatoms. The van der Waals surface area contributed by atoms with Crippen LogP contribution in [0.1, 0.15) is 11.7 Å². The Bertz CT molecular complexity index is 1270. The third kappa shape index (κ3) is 1.66. The van der Waals surface area contributed by atoms with Crippen LogP contribution in [0.4, 0.5) is 0 Å². The maximum absolute atomic E-state index is 13.0. The van der Waals surface area contributed by atoms with Gasteiger partial charge in [0.2, 0.25) is 0 Å². The van der Waals surface area contributed by atoms with Gasteiger partial charge in [0.15, 0.2) is 0 Å². The molecule has 126 valence electrons. The van der Waals surface area contributed by atoms with Crippen LogP contribution in [-0.2, 0) is 6.54 Å². The fourth-order valence-electron chi connectivity index (χ4n) is 3.86. The van der Waals surface area contributed by atoms with Crippen molar-refractivity contribution in [2.45, 2.75) is 12.6 Å². The summed E-state index contributed by atoms with van der Waals surface area (Å²) in [5, 5.41) is 12.1. The fourth-order valence-corrected chi connectivity index (χ4v) is 3.86. The lowest BCUT2D eigenvalue weighted by Crippen LogP contribution is -2.39. The van der Waals surface area contributed by atoms with Gasteiger partial charge in [-0.1, -0.05) is 18.2 Å². The number of benzene rings is 2. The van der Waals surface area contributed by atoms with Crippen molar-refractivity contribution in [3.05, 3.63) is 56.7 Å². The largest absolute Gasteiger partial charge is 0.489 e. The molecule has 3 N–H and O–H groups in total. The highest BCUT2D eigenvalue weighted by molar-refractivity contribution is 6.16.